The molecule has 1 aromatic carbocycles. The predicted molar refractivity (Wildman–Crippen MR) is 89.9 cm³/mol. The van der Waals surface area contributed by atoms with Crippen LogP contribution in [0.25, 0.3) is 0 Å². The van der Waals surface area contributed by atoms with Gasteiger partial charge in [-0.3, -0.25) is 4.90 Å². The average molecular weight is 309 g/mol. The van der Waals surface area contributed by atoms with E-state index in [4.69, 9.17) is 9.47 Å². The Bertz CT molecular complexity index is 458. The molecular formula is C17H27NO2S. The maximum Gasteiger partial charge on any atom is 0.139 e. The lowest BCUT2D eigenvalue weighted by molar-refractivity contribution is 0.115. The van der Waals surface area contributed by atoms with Gasteiger partial charge in [0.25, 0.3) is 0 Å². The largest absolute Gasteiger partial charge is 0.496 e. The molecule has 21 heavy (non-hydrogen) atoms. The summed E-state index contributed by atoms with van der Waals surface area (Å²) in [6.07, 6.45) is 5.49. The van der Waals surface area contributed by atoms with Crippen molar-refractivity contribution in [3.8, 4) is 11.5 Å². The van der Waals surface area contributed by atoms with Crippen molar-refractivity contribution < 1.29 is 9.47 Å². The van der Waals surface area contributed by atoms with Gasteiger partial charge in [-0.05, 0) is 50.7 Å². The highest BCUT2D eigenvalue weighted by atomic mass is 32.2. The Balaban J connectivity index is 2.25. The zero-order valence-electron chi connectivity index (χ0n) is 13.6. The number of benzene rings is 1. The highest BCUT2D eigenvalue weighted by molar-refractivity contribution is 7.98. The van der Waals surface area contributed by atoms with Crippen LogP contribution in [0.1, 0.15) is 32.3 Å². The van der Waals surface area contributed by atoms with Gasteiger partial charge in [-0.15, -0.1) is 11.8 Å². The van der Waals surface area contributed by atoms with Gasteiger partial charge >= 0.3 is 0 Å². The third kappa shape index (κ3) is 3.67. The van der Waals surface area contributed by atoms with Crippen molar-refractivity contribution in [2.45, 2.75) is 44.0 Å². The Hall–Kier alpha value is -0.870. The van der Waals surface area contributed by atoms with E-state index in [-0.39, 0.29) is 0 Å². The quantitative estimate of drug-likeness (QED) is 0.713. The number of hydrogen-bond acceptors (Lipinski definition) is 4. The minimum absolute atomic E-state index is 0.461. The van der Waals surface area contributed by atoms with Crippen LogP contribution in [-0.4, -0.2) is 44.0 Å². The monoisotopic (exact) mass is 309 g/mol. The normalized spacial score (nSPS) is 17.5. The van der Waals surface area contributed by atoms with Gasteiger partial charge in [0.2, 0.25) is 0 Å². The van der Waals surface area contributed by atoms with E-state index in [1.807, 2.05) is 0 Å². The molecule has 1 unspecified atom stereocenters. The Kier molecular flexibility index (Phi) is 6.24. The van der Waals surface area contributed by atoms with Gasteiger partial charge in [0.1, 0.15) is 18.1 Å². The molecule has 0 aliphatic carbocycles. The van der Waals surface area contributed by atoms with E-state index >= 15 is 0 Å². The highest BCUT2D eigenvalue weighted by Crippen LogP contribution is 2.40. The molecule has 0 radical (unpaired) electrons. The maximum absolute atomic E-state index is 6.13. The fraction of sp³-hybridized carbons (Fsp3) is 0.647. The molecule has 0 aromatic heterocycles. The third-order valence-electron chi connectivity index (χ3n) is 4.02. The van der Waals surface area contributed by atoms with Gasteiger partial charge in [-0.2, -0.15) is 0 Å². The first kappa shape index (κ1) is 16.5. The second kappa shape index (κ2) is 7.95. The SMILES string of the molecule is CCCN(CCC)C1COc2c(SC)ccc(OC)c2C1. The minimum Gasteiger partial charge on any atom is -0.496 e. The molecule has 1 aliphatic rings. The summed E-state index contributed by atoms with van der Waals surface area (Å²) >= 11 is 1.74. The second-order valence-electron chi connectivity index (χ2n) is 5.48. The Morgan fingerprint density at radius 2 is 2.00 bits per heavy atom. The maximum atomic E-state index is 6.13. The van der Waals surface area contributed by atoms with Gasteiger partial charge < -0.3 is 9.47 Å². The standard InChI is InChI=1S/C17H27NO2S/c1-5-9-18(10-6-2)13-11-14-15(19-3)7-8-16(21-4)17(14)20-12-13/h7-8,13H,5-6,9-12H2,1-4H3. The molecule has 1 atom stereocenters. The fourth-order valence-electron chi connectivity index (χ4n) is 3.05. The van der Waals surface area contributed by atoms with Gasteiger partial charge in [-0.25, -0.2) is 0 Å². The molecule has 1 aliphatic heterocycles. The zero-order valence-corrected chi connectivity index (χ0v) is 14.5. The first-order chi connectivity index (χ1) is 10.2. The van der Waals surface area contributed by atoms with E-state index in [2.05, 4.69) is 37.1 Å². The van der Waals surface area contributed by atoms with Crippen LogP contribution in [0.2, 0.25) is 0 Å². The van der Waals surface area contributed by atoms with Crippen molar-refractivity contribution in [1.82, 2.24) is 4.90 Å². The second-order valence-corrected chi connectivity index (χ2v) is 6.33. The Labute approximate surface area is 133 Å². The first-order valence-electron chi connectivity index (χ1n) is 7.85. The van der Waals surface area contributed by atoms with E-state index in [1.165, 1.54) is 23.3 Å². The molecule has 0 saturated carbocycles. The number of methoxy groups -OCH3 is 1. The van der Waals surface area contributed by atoms with Crippen molar-refractivity contribution in [2.24, 2.45) is 0 Å². The van der Waals surface area contributed by atoms with Crippen LogP contribution >= 0.6 is 11.8 Å². The van der Waals surface area contributed by atoms with Crippen LogP contribution in [0, 0.1) is 0 Å². The first-order valence-corrected chi connectivity index (χ1v) is 9.08. The molecule has 3 nitrogen and oxygen atoms in total. The number of rotatable bonds is 7. The molecule has 118 valence electrons. The fourth-order valence-corrected chi connectivity index (χ4v) is 3.62. The smallest absolute Gasteiger partial charge is 0.139 e. The third-order valence-corrected chi connectivity index (χ3v) is 4.78. The molecule has 2 rings (SSSR count). The number of thioether (sulfide) groups is 1. The van der Waals surface area contributed by atoms with E-state index in [1.54, 1.807) is 18.9 Å². The molecule has 0 spiro atoms. The summed E-state index contributed by atoms with van der Waals surface area (Å²) in [6.45, 7) is 7.55. The molecule has 1 aromatic rings. The molecule has 0 N–H and O–H groups in total. The molecule has 0 bridgehead atoms. The Morgan fingerprint density at radius 3 is 2.57 bits per heavy atom. The van der Waals surface area contributed by atoms with Crippen molar-refractivity contribution in [1.29, 1.82) is 0 Å². The minimum atomic E-state index is 0.461. The highest BCUT2D eigenvalue weighted by Gasteiger charge is 2.28. The topological polar surface area (TPSA) is 21.7 Å². The lowest BCUT2D eigenvalue weighted by atomic mass is 10.00. The van der Waals surface area contributed by atoms with E-state index in [9.17, 15) is 0 Å². The van der Waals surface area contributed by atoms with Crippen molar-refractivity contribution >= 4 is 11.8 Å². The summed E-state index contributed by atoms with van der Waals surface area (Å²) < 4.78 is 11.7. The summed E-state index contributed by atoms with van der Waals surface area (Å²) in [4.78, 5) is 3.77. The predicted octanol–water partition coefficient (Wildman–Crippen LogP) is 3.84. The van der Waals surface area contributed by atoms with Crippen molar-refractivity contribution in [3.63, 3.8) is 0 Å². The molecule has 0 saturated heterocycles. The van der Waals surface area contributed by atoms with Crippen molar-refractivity contribution in [3.05, 3.63) is 17.7 Å². The number of hydrogen-bond donors (Lipinski definition) is 0. The van der Waals surface area contributed by atoms with Crippen LogP contribution in [0.5, 0.6) is 11.5 Å². The van der Waals surface area contributed by atoms with Crippen LogP contribution in [0.4, 0.5) is 0 Å². The van der Waals surface area contributed by atoms with Crippen LogP contribution in [0.3, 0.4) is 0 Å². The lowest BCUT2D eigenvalue weighted by Gasteiger charge is -2.35. The molecule has 4 heteroatoms. The summed E-state index contributed by atoms with van der Waals surface area (Å²) in [6, 6.07) is 4.63. The summed E-state index contributed by atoms with van der Waals surface area (Å²) in [5.74, 6) is 1.99. The van der Waals surface area contributed by atoms with Crippen LogP contribution in [-0.2, 0) is 6.42 Å². The lowest BCUT2D eigenvalue weighted by Crippen LogP contribution is -2.44. The summed E-state index contributed by atoms with van der Waals surface area (Å²) in [5, 5.41) is 0. The summed E-state index contributed by atoms with van der Waals surface area (Å²) in [7, 11) is 1.74. The van der Waals surface area contributed by atoms with Gasteiger partial charge in [0.15, 0.2) is 0 Å². The zero-order chi connectivity index (χ0) is 15.2. The number of nitrogens with zero attached hydrogens (tertiary/aromatic N) is 1. The van der Waals surface area contributed by atoms with Crippen molar-refractivity contribution in [2.75, 3.05) is 33.1 Å². The van der Waals surface area contributed by atoms with E-state index < -0.39 is 0 Å². The number of fused-ring (bicyclic) bond motifs is 1. The Morgan fingerprint density at radius 1 is 1.29 bits per heavy atom. The van der Waals surface area contributed by atoms with Gasteiger partial charge in [0, 0.05) is 16.5 Å². The molecule has 0 fully saturated rings. The van der Waals surface area contributed by atoms with E-state index in [0.29, 0.717) is 6.04 Å². The molecule has 1 heterocycles. The molecule has 0 amide bonds. The average Bonchev–Trinajstić information content (AvgIpc) is 2.53. The van der Waals surface area contributed by atoms with Crippen LogP contribution in [0.15, 0.2) is 17.0 Å². The molecular weight excluding hydrogens is 282 g/mol. The number of ether oxygens (including phenoxy) is 2. The van der Waals surface area contributed by atoms with Gasteiger partial charge in [-0.1, -0.05) is 13.8 Å². The van der Waals surface area contributed by atoms with Gasteiger partial charge in [0.05, 0.1) is 7.11 Å². The van der Waals surface area contributed by atoms with E-state index in [0.717, 1.165) is 37.6 Å². The van der Waals surface area contributed by atoms with Crippen LogP contribution < -0.4 is 9.47 Å². The summed E-state index contributed by atoms with van der Waals surface area (Å²) in [5.41, 5.74) is 1.23.